The van der Waals surface area contributed by atoms with Gasteiger partial charge in [0.15, 0.2) is 0 Å². The fraction of sp³-hybridized carbons (Fsp3) is 0.579. The summed E-state index contributed by atoms with van der Waals surface area (Å²) in [6, 6.07) is 10.2. The van der Waals surface area contributed by atoms with Crippen LogP contribution in [0.4, 0.5) is 0 Å². The number of nitrogens with zero attached hydrogens (tertiary/aromatic N) is 1. The Hall–Kier alpha value is -1.12. The van der Waals surface area contributed by atoms with Crippen LogP contribution in [0, 0.1) is 6.07 Å². The summed E-state index contributed by atoms with van der Waals surface area (Å²) in [4.78, 5) is 2.37. The summed E-state index contributed by atoms with van der Waals surface area (Å²) < 4.78 is 0. The molecular formula is C19H26NO. The Morgan fingerprint density at radius 2 is 2.10 bits per heavy atom. The van der Waals surface area contributed by atoms with Crippen molar-refractivity contribution >= 4 is 5.57 Å². The van der Waals surface area contributed by atoms with Crippen molar-refractivity contribution in [3.8, 4) is 0 Å². The number of benzene rings is 1. The van der Waals surface area contributed by atoms with Gasteiger partial charge < -0.3 is 10.0 Å². The predicted octanol–water partition coefficient (Wildman–Crippen LogP) is 3.62. The third kappa shape index (κ3) is 3.75. The minimum atomic E-state index is 0.281. The molecule has 113 valence electrons. The Bertz CT molecular complexity index is 486. The van der Waals surface area contributed by atoms with Gasteiger partial charge in [0.25, 0.3) is 0 Å². The van der Waals surface area contributed by atoms with Gasteiger partial charge in [-0.05, 0) is 80.3 Å². The molecule has 1 N–H and O–H groups in total. The van der Waals surface area contributed by atoms with Crippen molar-refractivity contribution in [3.63, 3.8) is 0 Å². The molecule has 0 unspecified atom stereocenters. The summed E-state index contributed by atoms with van der Waals surface area (Å²) in [5.41, 5.74) is 4.31. The molecule has 2 nitrogen and oxygen atoms in total. The first-order valence-electron chi connectivity index (χ1n) is 8.41. The lowest BCUT2D eigenvalue weighted by Gasteiger charge is -2.31. The van der Waals surface area contributed by atoms with Gasteiger partial charge in [-0.1, -0.05) is 24.3 Å². The number of hydrogen-bond acceptors (Lipinski definition) is 2. The Morgan fingerprint density at radius 3 is 2.81 bits per heavy atom. The van der Waals surface area contributed by atoms with Gasteiger partial charge in [-0.15, -0.1) is 0 Å². The van der Waals surface area contributed by atoms with Crippen LogP contribution < -0.4 is 0 Å². The van der Waals surface area contributed by atoms with Gasteiger partial charge in [0.05, 0.1) is 6.61 Å². The van der Waals surface area contributed by atoms with Gasteiger partial charge in [-0.2, -0.15) is 0 Å². The van der Waals surface area contributed by atoms with Gasteiger partial charge in [-0.25, -0.2) is 0 Å². The Balaban J connectivity index is 1.67. The smallest absolute Gasteiger partial charge is 0.0558 e. The van der Waals surface area contributed by atoms with E-state index in [-0.39, 0.29) is 6.61 Å². The molecule has 1 saturated heterocycles. The molecule has 1 heterocycles. The van der Waals surface area contributed by atoms with Crippen molar-refractivity contribution in [1.82, 2.24) is 4.90 Å². The first kappa shape index (κ1) is 14.8. The molecule has 0 aromatic heterocycles. The SMILES string of the molecule is OCCN1CCC(c2cc[c]c(C3=CCCCC3)c2)CC1. The van der Waals surface area contributed by atoms with Crippen LogP contribution in [0.25, 0.3) is 5.57 Å². The molecule has 1 fully saturated rings. The van der Waals surface area contributed by atoms with Crippen molar-refractivity contribution < 1.29 is 5.11 Å². The molecule has 0 atom stereocenters. The fourth-order valence-electron chi connectivity index (χ4n) is 3.64. The monoisotopic (exact) mass is 284 g/mol. The summed E-state index contributed by atoms with van der Waals surface area (Å²) in [6.45, 7) is 3.33. The Labute approximate surface area is 128 Å². The average molecular weight is 284 g/mol. The van der Waals surface area contributed by atoms with Crippen LogP contribution in [-0.4, -0.2) is 36.2 Å². The van der Waals surface area contributed by atoms with E-state index in [4.69, 9.17) is 5.11 Å². The minimum absolute atomic E-state index is 0.281. The highest BCUT2D eigenvalue weighted by Crippen LogP contribution is 2.32. The first-order chi connectivity index (χ1) is 10.4. The highest BCUT2D eigenvalue weighted by Gasteiger charge is 2.20. The molecule has 1 aromatic rings. The maximum atomic E-state index is 9.03. The zero-order chi connectivity index (χ0) is 14.5. The summed E-state index contributed by atoms with van der Waals surface area (Å²) >= 11 is 0. The average Bonchev–Trinajstić information content (AvgIpc) is 2.57. The second kappa shape index (κ2) is 7.24. The van der Waals surface area contributed by atoms with Crippen LogP contribution in [0.2, 0.25) is 0 Å². The van der Waals surface area contributed by atoms with Crippen LogP contribution >= 0.6 is 0 Å². The van der Waals surface area contributed by atoms with Gasteiger partial charge in [-0.3, -0.25) is 0 Å². The number of aliphatic hydroxyl groups excluding tert-OH is 1. The molecule has 0 spiro atoms. The normalized spacial score (nSPS) is 21.3. The van der Waals surface area contributed by atoms with Crippen molar-refractivity contribution in [3.05, 3.63) is 41.5 Å². The van der Waals surface area contributed by atoms with Gasteiger partial charge >= 0.3 is 0 Å². The highest BCUT2D eigenvalue weighted by atomic mass is 16.3. The van der Waals surface area contributed by atoms with Crippen LogP contribution in [0.15, 0.2) is 24.3 Å². The lowest BCUT2D eigenvalue weighted by molar-refractivity contribution is 0.164. The molecule has 2 heteroatoms. The Kier molecular flexibility index (Phi) is 5.10. The van der Waals surface area contributed by atoms with E-state index in [9.17, 15) is 0 Å². The topological polar surface area (TPSA) is 23.5 Å². The van der Waals surface area contributed by atoms with Crippen LogP contribution in [0.5, 0.6) is 0 Å². The maximum Gasteiger partial charge on any atom is 0.0558 e. The largest absolute Gasteiger partial charge is 0.395 e. The van der Waals surface area contributed by atoms with Gasteiger partial charge in [0.2, 0.25) is 0 Å². The van der Waals surface area contributed by atoms with Crippen LogP contribution in [0.1, 0.15) is 55.6 Å². The standard InChI is InChI=1S/C19H26NO/c21-14-13-20-11-9-17(10-12-20)19-8-4-7-18(15-19)16-5-2-1-3-6-16/h4-5,8,15,17,21H,1-3,6,9-14H2. The van der Waals surface area contributed by atoms with E-state index >= 15 is 0 Å². The second-order valence-electron chi connectivity index (χ2n) is 6.35. The zero-order valence-electron chi connectivity index (χ0n) is 12.9. The third-order valence-electron chi connectivity index (χ3n) is 4.94. The summed E-state index contributed by atoms with van der Waals surface area (Å²) in [5.74, 6) is 0.678. The quantitative estimate of drug-likeness (QED) is 0.913. The molecule has 1 aliphatic carbocycles. The maximum absolute atomic E-state index is 9.03. The van der Waals surface area contributed by atoms with E-state index in [0.717, 1.165) is 19.6 Å². The molecule has 0 saturated carbocycles. The molecule has 2 aliphatic rings. The van der Waals surface area contributed by atoms with Crippen molar-refractivity contribution in [2.75, 3.05) is 26.2 Å². The number of hydrogen-bond donors (Lipinski definition) is 1. The number of piperidine rings is 1. The molecule has 0 amide bonds. The highest BCUT2D eigenvalue weighted by molar-refractivity contribution is 5.66. The molecule has 21 heavy (non-hydrogen) atoms. The third-order valence-corrected chi connectivity index (χ3v) is 4.94. The molecule has 1 radical (unpaired) electrons. The minimum Gasteiger partial charge on any atom is -0.395 e. The van der Waals surface area contributed by atoms with Crippen molar-refractivity contribution in [2.45, 2.75) is 44.4 Å². The molecule has 1 aliphatic heterocycles. The molecule has 0 bridgehead atoms. The lowest BCUT2D eigenvalue weighted by atomic mass is 9.86. The van der Waals surface area contributed by atoms with Gasteiger partial charge in [0, 0.05) is 6.54 Å². The van der Waals surface area contributed by atoms with E-state index in [0.29, 0.717) is 5.92 Å². The molecule has 3 rings (SSSR count). The Morgan fingerprint density at radius 1 is 1.24 bits per heavy atom. The van der Waals surface area contributed by atoms with E-state index in [1.807, 2.05) is 0 Å². The van der Waals surface area contributed by atoms with Crippen LogP contribution in [0.3, 0.4) is 0 Å². The summed E-state index contributed by atoms with van der Waals surface area (Å²) in [5, 5.41) is 9.03. The van der Waals surface area contributed by atoms with E-state index < -0.39 is 0 Å². The number of rotatable bonds is 4. The number of allylic oxidation sites excluding steroid dienone is 2. The zero-order valence-corrected chi connectivity index (χ0v) is 12.9. The predicted molar refractivity (Wildman–Crippen MR) is 87.2 cm³/mol. The van der Waals surface area contributed by atoms with E-state index in [2.05, 4.69) is 35.2 Å². The number of β-amino-alcohol motifs (C(OH)–C–C–N with tert-alkyl or cyclic N) is 1. The molecule has 1 aromatic carbocycles. The van der Waals surface area contributed by atoms with Crippen LogP contribution in [-0.2, 0) is 0 Å². The number of aliphatic hydroxyl groups is 1. The first-order valence-corrected chi connectivity index (χ1v) is 8.41. The molecular weight excluding hydrogens is 258 g/mol. The summed E-state index contributed by atoms with van der Waals surface area (Å²) in [7, 11) is 0. The van der Waals surface area contributed by atoms with E-state index in [1.165, 1.54) is 55.2 Å². The summed E-state index contributed by atoms with van der Waals surface area (Å²) in [6.07, 6.45) is 9.94. The fourth-order valence-corrected chi connectivity index (χ4v) is 3.64. The second-order valence-corrected chi connectivity index (χ2v) is 6.35. The van der Waals surface area contributed by atoms with Gasteiger partial charge in [0.1, 0.15) is 0 Å². The number of likely N-dealkylation sites (tertiary alicyclic amines) is 1. The van der Waals surface area contributed by atoms with Crippen molar-refractivity contribution in [1.29, 1.82) is 0 Å². The van der Waals surface area contributed by atoms with Crippen molar-refractivity contribution in [2.24, 2.45) is 0 Å². The lowest BCUT2D eigenvalue weighted by Crippen LogP contribution is -2.34. The van der Waals surface area contributed by atoms with E-state index in [1.54, 1.807) is 0 Å².